The Kier molecular flexibility index (Phi) is 11.2. The lowest BCUT2D eigenvalue weighted by molar-refractivity contribution is -0.138. The summed E-state index contributed by atoms with van der Waals surface area (Å²) in [7, 11) is 0. The van der Waals surface area contributed by atoms with Crippen molar-refractivity contribution in [3.8, 4) is 0 Å². The number of benzene rings is 2. The number of nitrogens with zero attached hydrogens (tertiary/aromatic N) is 1. The van der Waals surface area contributed by atoms with E-state index in [1.807, 2.05) is 36.4 Å². The number of hydrogen-bond donors (Lipinski definition) is 1. The van der Waals surface area contributed by atoms with Crippen LogP contribution in [0.15, 0.2) is 46.9 Å². The lowest BCUT2D eigenvalue weighted by Gasteiger charge is -2.29. The van der Waals surface area contributed by atoms with E-state index in [9.17, 15) is 9.59 Å². The van der Waals surface area contributed by atoms with Gasteiger partial charge in [0, 0.05) is 23.3 Å². The fourth-order valence-corrected chi connectivity index (χ4v) is 4.32. The van der Waals surface area contributed by atoms with Crippen molar-refractivity contribution in [1.82, 2.24) is 10.2 Å². The van der Waals surface area contributed by atoms with E-state index >= 15 is 0 Å². The summed E-state index contributed by atoms with van der Waals surface area (Å²) in [4.78, 5) is 27.3. The standard InChI is InChI=1S/C23H27BrCl2N2O2S/c1-3-4-11-27-23(30)16(2)28(13-17-5-8-19(24)9-6-17)22(29)15-31-14-18-7-10-20(25)21(26)12-18/h5-10,12,16H,3-4,11,13-15H2,1-2H3,(H,27,30). The van der Waals surface area contributed by atoms with Crippen LogP contribution in [-0.2, 0) is 21.9 Å². The quantitative estimate of drug-likeness (QED) is 0.336. The zero-order valence-electron chi connectivity index (χ0n) is 17.7. The minimum Gasteiger partial charge on any atom is -0.354 e. The van der Waals surface area contributed by atoms with Crippen LogP contribution in [0.2, 0.25) is 10.0 Å². The van der Waals surface area contributed by atoms with Crippen LogP contribution in [0.3, 0.4) is 0 Å². The predicted octanol–water partition coefficient (Wildman–Crippen LogP) is 6.32. The number of carbonyl (C=O) groups is 2. The van der Waals surface area contributed by atoms with Gasteiger partial charge in [-0.25, -0.2) is 0 Å². The number of carbonyl (C=O) groups excluding carboxylic acids is 2. The first-order chi connectivity index (χ1) is 14.8. The van der Waals surface area contributed by atoms with Crippen molar-refractivity contribution in [2.45, 2.75) is 45.0 Å². The van der Waals surface area contributed by atoms with Gasteiger partial charge in [0.15, 0.2) is 0 Å². The SMILES string of the molecule is CCCCNC(=O)C(C)N(Cc1ccc(Br)cc1)C(=O)CSCc1ccc(Cl)c(Cl)c1. The highest BCUT2D eigenvalue weighted by molar-refractivity contribution is 9.10. The molecule has 2 rings (SSSR count). The molecule has 31 heavy (non-hydrogen) atoms. The van der Waals surface area contributed by atoms with Crippen molar-refractivity contribution < 1.29 is 9.59 Å². The van der Waals surface area contributed by atoms with Gasteiger partial charge in [0.25, 0.3) is 0 Å². The average Bonchev–Trinajstić information content (AvgIpc) is 2.75. The van der Waals surface area contributed by atoms with E-state index in [1.54, 1.807) is 17.9 Å². The van der Waals surface area contributed by atoms with Gasteiger partial charge in [-0.2, -0.15) is 0 Å². The van der Waals surface area contributed by atoms with Crippen molar-refractivity contribution in [1.29, 1.82) is 0 Å². The Morgan fingerprint density at radius 1 is 1.10 bits per heavy atom. The van der Waals surface area contributed by atoms with E-state index in [2.05, 4.69) is 28.2 Å². The fraction of sp³-hybridized carbons (Fsp3) is 0.391. The van der Waals surface area contributed by atoms with Crippen LogP contribution in [0, 0.1) is 0 Å². The van der Waals surface area contributed by atoms with E-state index in [1.165, 1.54) is 11.8 Å². The van der Waals surface area contributed by atoms with Gasteiger partial charge in [-0.1, -0.05) is 70.7 Å². The second kappa shape index (κ2) is 13.4. The fourth-order valence-electron chi connectivity index (χ4n) is 2.87. The Morgan fingerprint density at radius 2 is 1.77 bits per heavy atom. The summed E-state index contributed by atoms with van der Waals surface area (Å²) in [5.41, 5.74) is 1.97. The molecule has 0 fully saturated rings. The van der Waals surface area contributed by atoms with Gasteiger partial charge in [-0.15, -0.1) is 11.8 Å². The summed E-state index contributed by atoms with van der Waals surface area (Å²) in [6, 6.07) is 12.7. The zero-order valence-corrected chi connectivity index (χ0v) is 21.6. The number of rotatable bonds is 11. The molecule has 4 nitrogen and oxygen atoms in total. The van der Waals surface area contributed by atoms with Gasteiger partial charge in [0.05, 0.1) is 15.8 Å². The van der Waals surface area contributed by atoms with E-state index in [4.69, 9.17) is 23.2 Å². The second-order valence-electron chi connectivity index (χ2n) is 7.21. The third kappa shape index (κ3) is 8.68. The first-order valence-corrected chi connectivity index (χ1v) is 12.9. The molecule has 2 aromatic rings. The highest BCUT2D eigenvalue weighted by Gasteiger charge is 2.25. The van der Waals surface area contributed by atoms with Gasteiger partial charge in [0.2, 0.25) is 11.8 Å². The monoisotopic (exact) mass is 544 g/mol. The number of halogens is 3. The van der Waals surface area contributed by atoms with Gasteiger partial charge in [-0.05, 0) is 48.7 Å². The van der Waals surface area contributed by atoms with Crippen molar-refractivity contribution >= 4 is 62.7 Å². The van der Waals surface area contributed by atoms with Gasteiger partial charge >= 0.3 is 0 Å². The number of hydrogen-bond acceptors (Lipinski definition) is 3. The molecule has 168 valence electrons. The zero-order chi connectivity index (χ0) is 22.8. The Labute approximate surface area is 207 Å². The molecule has 0 saturated carbocycles. The van der Waals surface area contributed by atoms with Crippen LogP contribution in [0.4, 0.5) is 0 Å². The Bertz CT molecular complexity index is 880. The Hall–Kier alpha value is -1.21. The van der Waals surface area contributed by atoms with E-state index in [0.29, 0.717) is 28.9 Å². The average molecular weight is 546 g/mol. The summed E-state index contributed by atoms with van der Waals surface area (Å²) < 4.78 is 0.969. The summed E-state index contributed by atoms with van der Waals surface area (Å²) >= 11 is 17.0. The van der Waals surface area contributed by atoms with Crippen LogP contribution in [0.25, 0.3) is 0 Å². The van der Waals surface area contributed by atoms with Crippen molar-refractivity contribution in [3.05, 3.63) is 68.1 Å². The summed E-state index contributed by atoms with van der Waals surface area (Å²) in [5, 5.41) is 3.94. The molecule has 8 heteroatoms. The summed E-state index contributed by atoms with van der Waals surface area (Å²) in [6.45, 7) is 4.85. The molecule has 1 unspecified atom stereocenters. The third-order valence-electron chi connectivity index (χ3n) is 4.74. The maximum absolute atomic E-state index is 13.1. The smallest absolute Gasteiger partial charge is 0.242 e. The molecule has 0 aliphatic rings. The molecule has 2 amide bonds. The normalized spacial score (nSPS) is 11.8. The molecular formula is C23H27BrCl2N2O2S. The molecule has 0 aliphatic carbocycles. The third-order valence-corrected chi connectivity index (χ3v) is 7.00. The number of thioether (sulfide) groups is 1. The van der Waals surface area contributed by atoms with E-state index in [-0.39, 0.29) is 17.6 Å². The maximum Gasteiger partial charge on any atom is 0.242 e. The maximum atomic E-state index is 13.1. The van der Waals surface area contributed by atoms with Crippen LogP contribution < -0.4 is 5.32 Å². The number of amides is 2. The minimum absolute atomic E-state index is 0.0777. The highest BCUT2D eigenvalue weighted by atomic mass is 79.9. The molecular weight excluding hydrogens is 519 g/mol. The molecule has 0 aliphatic heterocycles. The molecule has 0 aromatic heterocycles. The van der Waals surface area contributed by atoms with Gasteiger partial charge in [-0.3, -0.25) is 9.59 Å². The molecule has 0 saturated heterocycles. The Morgan fingerprint density at radius 3 is 2.42 bits per heavy atom. The van der Waals surface area contributed by atoms with Crippen LogP contribution in [0.1, 0.15) is 37.8 Å². The van der Waals surface area contributed by atoms with Gasteiger partial charge in [0.1, 0.15) is 6.04 Å². The summed E-state index contributed by atoms with van der Waals surface area (Å²) in [6.07, 6.45) is 1.92. The largest absolute Gasteiger partial charge is 0.354 e. The minimum atomic E-state index is -0.557. The number of unbranched alkanes of at least 4 members (excludes halogenated alkanes) is 1. The van der Waals surface area contributed by atoms with Crippen molar-refractivity contribution in [3.63, 3.8) is 0 Å². The number of nitrogens with one attached hydrogen (secondary N) is 1. The van der Waals surface area contributed by atoms with Crippen LogP contribution >= 0.6 is 50.9 Å². The molecule has 1 atom stereocenters. The highest BCUT2D eigenvalue weighted by Crippen LogP contribution is 2.25. The molecule has 0 bridgehead atoms. The lowest BCUT2D eigenvalue weighted by atomic mass is 10.1. The van der Waals surface area contributed by atoms with E-state index < -0.39 is 6.04 Å². The molecule has 0 radical (unpaired) electrons. The first kappa shape index (κ1) is 26.0. The van der Waals surface area contributed by atoms with Crippen molar-refractivity contribution in [2.75, 3.05) is 12.3 Å². The second-order valence-corrected chi connectivity index (χ2v) is 9.93. The topological polar surface area (TPSA) is 49.4 Å². The van der Waals surface area contributed by atoms with E-state index in [0.717, 1.165) is 28.4 Å². The molecule has 0 heterocycles. The summed E-state index contributed by atoms with van der Waals surface area (Å²) in [5.74, 6) is 0.689. The molecule has 2 aromatic carbocycles. The predicted molar refractivity (Wildman–Crippen MR) is 135 cm³/mol. The van der Waals surface area contributed by atoms with Crippen LogP contribution in [-0.4, -0.2) is 35.1 Å². The van der Waals surface area contributed by atoms with Crippen molar-refractivity contribution in [2.24, 2.45) is 0 Å². The molecule has 1 N–H and O–H groups in total. The molecule has 0 spiro atoms. The Balaban J connectivity index is 2.04. The van der Waals surface area contributed by atoms with Gasteiger partial charge < -0.3 is 10.2 Å². The van der Waals surface area contributed by atoms with Crippen LogP contribution in [0.5, 0.6) is 0 Å². The first-order valence-electron chi connectivity index (χ1n) is 10.1. The lowest BCUT2D eigenvalue weighted by Crippen LogP contribution is -2.48.